The van der Waals surface area contributed by atoms with Gasteiger partial charge in [0.15, 0.2) is 5.82 Å². The minimum Gasteiger partial charge on any atom is -0.497 e. The standard InChI is InChI=1S/C15H22N4O2/c1-4-19(5-2)9-8-14-17-15(21-18-14)12-7-6-11(20-3)10-13(12)16/h6-7,10H,4-5,8-9,16H2,1-3H3. The minimum atomic E-state index is 0.449. The smallest absolute Gasteiger partial charge is 0.260 e. The van der Waals surface area contributed by atoms with Crippen LogP contribution >= 0.6 is 0 Å². The van der Waals surface area contributed by atoms with Crippen molar-refractivity contribution in [2.45, 2.75) is 20.3 Å². The van der Waals surface area contributed by atoms with Crippen LogP contribution in [0.5, 0.6) is 5.75 Å². The van der Waals surface area contributed by atoms with E-state index in [9.17, 15) is 0 Å². The van der Waals surface area contributed by atoms with Gasteiger partial charge in [0.1, 0.15) is 5.75 Å². The number of methoxy groups -OCH3 is 1. The number of nitrogens with zero attached hydrogens (tertiary/aromatic N) is 3. The molecule has 6 heteroatoms. The first-order valence-corrected chi connectivity index (χ1v) is 7.16. The van der Waals surface area contributed by atoms with Crippen molar-refractivity contribution in [3.63, 3.8) is 0 Å². The summed E-state index contributed by atoms with van der Waals surface area (Å²) in [5, 5.41) is 4.02. The Morgan fingerprint density at radius 1 is 1.29 bits per heavy atom. The molecule has 0 aliphatic carbocycles. The highest BCUT2D eigenvalue weighted by Crippen LogP contribution is 2.28. The van der Waals surface area contributed by atoms with Gasteiger partial charge >= 0.3 is 0 Å². The molecule has 2 N–H and O–H groups in total. The van der Waals surface area contributed by atoms with Gasteiger partial charge in [0.05, 0.1) is 12.7 Å². The van der Waals surface area contributed by atoms with Gasteiger partial charge in [-0.1, -0.05) is 19.0 Å². The molecule has 1 aromatic heterocycles. The Labute approximate surface area is 124 Å². The number of likely N-dealkylation sites (N-methyl/N-ethyl adjacent to an activating group) is 1. The molecule has 0 aliphatic rings. The van der Waals surface area contributed by atoms with Gasteiger partial charge < -0.3 is 19.9 Å². The maximum Gasteiger partial charge on any atom is 0.260 e. The van der Waals surface area contributed by atoms with Crippen molar-refractivity contribution in [1.82, 2.24) is 15.0 Å². The zero-order chi connectivity index (χ0) is 15.2. The molecule has 6 nitrogen and oxygen atoms in total. The van der Waals surface area contributed by atoms with E-state index in [2.05, 4.69) is 28.9 Å². The predicted octanol–water partition coefficient (Wildman–Crippen LogP) is 2.21. The number of benzene rings is 1. The van der Waals surface area contributed by atoms with Crippen molar-refractivity contribution in [2.24, 2.45) is 0 Å². The van der Waals surface area contributed by atoms with Crippen LogP contribution in [0.25, 0.3) is 11.5 Å². The molecular formula is C15H22N4O2. The molecule has 0 radical (unpaired) electrons. The molecule has 1 aromatic carbocycles. The molecular weight excluding hydrogens is 268 g/mol. The van der Waals surface area contributed by atoms with Crippen LogP contribution in [0.2, 0.25) is 0 Å². The molecule has 0 spiro atoms. The number of rotatable bonds is 7. The van der Waals surface area contributed by atoms with E-state index >= 15 is 0 Å². The van der Waals surface area contributed by atoms with Crippen molar-refractivity contribution >= 4 is 5.69 Å². The quantitative estimate of drug-likeness (QED) is 0.788. The molecule has 1 heterocycles. The maximum atomic E-state index is 5.99. The summed E-state index contributed by atoms with van der Waals surface area (Å²) in [4.78, 5) is 6.73. The molecule has 21 heavy (non-hydrogen) atoms. The summed E-state index contributed by atoms with van der Waals surface area (Å²) in [7, 11) is 1.60. The number of hydrogen-bond donors (Lipinski definition) is 1. The highest BCUT2D eigenvalue weighted by molar-refractivity contribution is 5.71. The number of nitrogens with two attached hydrogens (primary N) is 1. The fourth-order valence-electron chi connectivity index (χ4n) is 2.13. The Bertz CT molecular complexity index is 579. The van der Waals surface area contributed by atoms with E-state index in [1.54, 1.807) is 13.2 Å². The summed E-state index contributed by atoms with van der Waals surface area (Å²) >= 11 is 0. The number of aromatic nitrogens is 2. The lowest BCUT2D eigenvalue weighted by atomic mass is 10.1. The third kappa shape index (κ3) is 3.72. The molecule has 0 saturated carbocycles. The molecule has 0 aliphatic heterocycles. The van der Waals surface area contributed by atoms with Gasteiger partial charge in [-0.05, 0) is 25.2 Å². The number of anilines is 1. The van der Waals surface area contributed by atoms with E-state index in [-0.39, 0.29) is 0 Å². The van der Waals surface area contributed by atoms with Crippen LogP contribution in [-0.2, 0) is 6.42 Å². The Morgan fingerprint density at radius 2 is 2.05 bits per heavy atom. The SMILES string of the molecule is CCN(CC)CCc1noc(-c2ccc(OC)cc2N)n1. The van der Waals surface area contributed by atoms with E-state index in [1.807, 2.05) is 12.1 Å². The first-order chi connectivity index (χ1) is 10.2. The average Bonchev–Trinajstić information content (AvgIpc) is 2.96. The van der Waals surface area contributed by atoms with Crippen molar-refractivity contribution in [3.05, 3.63) is 24.0 Å². The van der Waals surface area contributed by atoms with Crippen molar-refractivity contribution < 1.29 is 9.26 Å². The number of hydrogen-bond acceptors (Lipinski definition) is 6. The van der Waals surface area contributed by atoms with Gasteiger partial charge in [0, 0.05) is 24.7 Å². The lowest BCUT2D eigenvalue weighted by Crippen LogP contribution is -2.25. The summed E-state index contributed by atoms with van der Waals surface area (Å²) in [6.45, 7) is 7.25. The summed E-state index contributed by atoms with van der Waals surface area (Å²) in [5.41, 5.74) is 7.28. The Hall–Kier alpha value is -2.08. The molecule has 114 valence electrons. The van der Waals surface area contributed by atoms with E-state index in [0.29, 0.717) is 23.2 Å². The topological polar surface area (TPSA) is 77.4 Å². The Morgan fingerprint density at radius 3 is 2.67 bits per heavy atom. The average molecular weight is 290 g/mol. The van der Waals surface area contributed by atoms with Crippen LogP contribution in [0.1, 0.15) is 19.7 Å². The Balaban J connectivity index is 2.09. The maximum absolute atomic E-state index is 5.99. The lowest BCUT2D eigenvalue weighted by molar-refractivity contribution is 0.303. The van der Waals surface area contributed by atoms with Gasteiger partial charge in [-0.2, -0.15) is 4.98 Å². The van der Waals surface area contributed by atoms with Gasteiger partial charge in [-0.15, -0.1) is 0 Å². The first kappa shape index (κ1) is 15.3. The van der Waals surface area contributed by atoms with Crippen LogP contribution in [0, 0.1) is 0 Å². The van der Waals surface area contributed by atoms with E-state index in [0.717, 1.165) is 31.6 Å². The molecule has 0 atom stereocenters. The molecule has 0 unspecified atom stereocenters. The number of nitrogen functional groups attached to an aromatic ring is 1. The van der Waals surface area contributed by atoms with Gasteiger partial charge in [0.25, 0.3) is 5.89 Å². The third-order valence-electron chi connectivity index (χ3n) is 3.50. The van der Waals surface area contributed by atoms with Crippen LogP contribution in [0.4, 0.5) is 5.69 Å². The molecule has 0 bridgehead atoms. The summed E-state index contributed by atoms with van der Waals surface area (Å²) in [6, 6.07) is 5.40. The zero-order valence-corrected chi connectivity index (χ0v) is 12.8. The number of ether oxygens (including phenoxy) is 1. The second-order valence-corrected chi connectivity index (χ2v) is 4.75. The lowest BCUT2D eigenvalue weighted by Gasteiger charge is -2.16. The molecule has 2 rings (SSSR count). The van der Waals surface area contributed by atoms with Gasteiger partial charge in [-0.25, -0.2) is 0 Å². The minimum absolute atomic E-state index is 0.449. The molecule has 0 fully saturated rings. The van der Waals surface area contributed by atoms with E-state index in [1.165, 1.54) is 0 Å². The van der Waals surface area contributed by atoms with Gasteiger partial charge in [-0.3, -0.25) is 0 Å². The largest absolute Gasteiger partial charge is 0.497 e. The molecule has 0 amide bonds. The highest BCUT2D eigenvalue weighted by Gasteiger charge is 2.13. The van der Waals surface area contributed by atoms with Crippen LogP contribution in [0.15, 0.2) is 22.7 Å². The van der Waals surface area contributed by atoms with Crippen molar-refractivity contribution in [1.29, 1.82) is 0 Å². The van der Waals surface area contributed by atoms with E-state index in [4.69, 9.17) is 15.0 Å². The molecule has 2 aromatic rings. The van der Waals surface area contributed by atoms with Crippen LogP contribution in [-0.4, -0.2) is 41.8 Å². The zero-order valence-electron chi connectivity index (χ0n) is 12.8. The Kier molecular flexibility index (Phi) is 5.16. The predicted molar refractivity (Wildman–Crippen MR) is 82.2 cm³/mol. The summed E-state index contributed by atoms with van der Waals surface area (Å²) in [6.07, 6.45) is 0.765. The second-order valence-electron chi connectivity index (χ2n) is 4.75. The summed E-state index contributed by atoms with van der Waals surface area (Å²) in [5.74, 6) is 1.86. The van der Waals surface area contributed by atoms with Crippen LogP contribution in [0.3, 0.4) is 0 Å². The van der Waals surface area contributed by atoms with Crippen molar-refractivity contribution in [2.75, 3.05) is 32.5 Å². The van der Waals surface area contributed by atoms with Crippen molar-refractivity contribution in [3.8, 4) is 17.2 Å². The molecule has 0 saturated heterocycles. The second kappa shape index (κ2) is 7.08. The fourth-order valence-corrected chi connectivity index (χ4v) is 2.13. The van der Waals surface area contributed by atoms with Crippen LogP contribution < -0.4 is 10.5 Å². The monoisotopic (exact) mass is 290 g/mol. The fraction of sp³-hybridized carbons (Fsp3) is 0.467. The highest BCUT2D eigenvalue weighted by atomic mass is 16.5. The normalized spacial score (nSPS) is 11.0. The first-order valence-electron chi connectivity index (χ1n) is 7.16. The summed E-state index contributed by atoms with van der Waals surface area (Å²) < 4.78 is 10.4. The van der Waals surface area contributed by atoms with E-state index < -0.39 is 0 Å². The third-order valence-corrected chi connectivity index (χ3v) is 3.50. The van der Waals surface area contributed by atoms with Gasteiger partial charge in [0.2, 0.25) is 0 Å².